The van der Waals surface area contributed by atoms with E-state index in [0.717, 1.165) is 37.3 Å². The maximum Gasteiger partial charge on any atom is 0.233 e. The summed E-state index contributed by atoms with van der Waals surface area (Å²) in [5, 5.41) is 0. The van der Waals surface area contributed by atoms with E-state index in [1.54, 1.807) is 7.11 Å². The SMILES string of the molecule is COc1cccc2c1OC1C3C=CC4(CC3)C(=O)N(C)CCC214. The van der Waals surface area contributed by atoms with E-state index in [4.69, 9.17) is 9.47 Å². The normalized spacial score (nSPS) is 39.6. The van der Waals surface area contributed by atoms with Crippen molar-refractivity contribution in [2.24, 2.45) is 11.3 Å². The molecule has 0 radical (unpaired) electrons. The molecule has 3 aliphatic carbocycles. The molecule has 4 heteroatoms. The minimum absolute atomic E-state index is 0.0604. The van der Waals surface area contributed by atoms with E-state index in [0.29, 0.717) is 5.92 Å². The Bertz CT molecular complexity index is 742. The average molecular weight is 311 g/mol. The summed E-state index contributed by atoms with van der Waals surface area (Å²) in [5.74, 6) is 2.29. The summed E-state index contributed by atoms with van der Waals surface area (Å²) >= 11 is 0. The van der Waals surface area contributed by atoms with Gasteiger partial charge in [0.25, 0.3) is 0 Å². The third-order valence-corrected chi connectivity index (χ3v) is 6.66. The van der Waals surface area contributed by atoms with Crippen LogP contribution in [0.4, 0.5) is 0 Å². The monoisotopic (exact) mass is 311 g/mol. The molecule has 2 fully saturated rings. The molecule has 23 heavy (non-hydrogen) atoms. The quantitative estimate of drug-likeness (QED) is 0.748. The van der Waals surface area contributed by atoms with E-state index in [1.165, 1.54) is 5.56 Å². The highest BCUT2D eigenvalue weighted by molar-refractivity contribution is 5.89. The van der Waals surface area contributed by atoms with Crippen molar-refractivity contribution < 1.29 is 14.3 Å². The fraction of sp³-hybridized carbons (Fsp3) is 0.526. The highest BCUT2D eigenvalue weighted by Crippen LogP contribution is 2.68. The molecule has 0 N–H and O–H groups in total. The summed E-state index contributed by atoms with van der Waals surface area (Å²) in [5.41, 5.74) is 0.507. The molecule has 1 saturated carbocycles. The van der Waals surface area contributed by atoms with Gasteiger partial charge in [0.15, 0.2) is 11.5 Å². The van der Waals surface area contributed by atoms with Crippen molar-refractivity contribution in [2.45, 2.75) is 30.8 Å². The number of rotatable bonds is 1. The van der Waals surface area contributed by atoms with Crippen LogP contribution in [0.25, 0.3) is 0 Å². The number of hydrogen-bond donors (Lipinski definition) is 0. The van der Waals surface area contributed by atoms with Crippen molar-refractivity contribution >= 4 is 5.91 Å². The molecular formula is C19H21NO3. The fourth-order valence-corrected chi connectivity index (χ4v) is 5.62. The number of ether oxygens (including phenoxy) is 2. The number of carbonyl (C=O) groups excluding carboxylic acids is 1. The van der Waals surface area contributed by atoms with Crippen molar-refractivity contribution in [3.8, 4) is 11.5 Å². The third kappa shape index (κ3) is 1.29. The van der Waals surface area contributed by atoms with Gasteiger partial charge in [-0.3, -0.25) is 4.79 Å². The van der Waals surface area contributed by atoms with E-state index in [-0.39, 0.29) is 17.4 Å². The molecular weight excluding hydrogens is 290 g/mol. The van der Waals surface area contributed by atoms with Gasteiger partial charge in [0.1, 0.15) is 6.10 Å². The Morgan fingerprint density at radius 3 is 2.96 bits per heavy atom. The number of para-hydroxylation sites is 1. The molecule has 6 rings (SSSR count). The van der Waals surface area contributed by atoms with Gasteiger partial charge in [-0.25, -0.2) is 0 Å². The van der Waals surface area contributed by atoms with Crippen LogP contribution in [0.2, 0.25) is 0 Å². The van der Waals surface area contributed by atoms with Gasteiger partial charge in [-0.15, -0.1) is 0 Å². The highest BCUT2D eigenvalue weighted by atomic mass is 16.5. The summed E-state index contributed by atoms with van der Waals surface area (Å²) < 4.78 is 12.0. The largest absolute Gasteiger partial charge is 0.493 e. The predicted molar refractivity (Wildman–Crippen MR) is 85.6 cm³/mol. The smallest absolute Gasteiger partial charge is 0.233 e. The van der Waals surface area contributed by atoms with Crippen LogP contribution < -0.4 is 9.47 Å². The molecule has 120 valence electrons. The van der Waals surface area contributed by atoms with Gasteiger partial charge < -0.3 is 14.4 Å². The second-order valence-electron chi connectivity index (χ2n) is 7.36. The standard InChI is InChI=1S/C19H21NO3/c1-20-11-10-19-13-4-3-5-14(22-2)15(13)23-16(19)12-6-8-18(19,9-7-12)17(20)21/h3-6,8,12,16H,7,9-11H2,1-2H3. The molecule has 0 aromatic heterocycles. The Hall–Kier alpha value is -1.97. The molecule has 1 amide bonds. The Balaban J connectivity index is 1.81. The second-order valence-corrected chi connectivity index (χ2v) is 7.36. The minimum Gasteiger partial charge on any atom is -0.493 e. The number of likely N-dealkylation sites (tertiary alicyclic amines) is 1. The molecule has 2 bridgehead atoms. The summed E-state index contributed by atoms with van der Waals surface area (Å²) in [6.45, 7) is 0.789. The lowest BCUT2D eigenvalue weighted by molar-refractivity contribution is -0.159. The summed E-state index contributed by atoms with van der Waals surface area (Å²) in [4.78, 5) is 15.1. The summed E-state index contributed by atoms with van der Waals surface area (Å²) in [6.07, 6.45) is 7.40. The zero-order chi connectivity index (χ0) is 15.8. The topological polar surface area (TPSA) is 38.8 Å². The van der Waals surface area contributed by atoms with Crippen LogP contribution in [0.1, 0.15) is 24.8 Å². The number of hydrogen-bond acceptors (Lipinski definition) is 3. The number of amides is 1. The number of methoxy groups -OCH3 is 1. The van der Waals surface area contributed by atoms with Crippen molar-refractivity contribution in [2.75, 3.05) is 20.7 Å². The van der Waals surface area contributed by atoms with Crippen LogP contribution in [0.3, 0.4) is 0 Å². The predicted octanol–water partition coefficient (Wildman–Crippen LogP) is 2.52. The number of benzene rings is 1. The fourth-order valence-electron chi connectivity index (χ4n) is 5.62. The van der Waals surface area contributed by atoms with Crippen LogP contribution in [0, 0.1) is 11.3 Å². The van der Waals surface area contributed by atoms with Gasteiger partial charge in [-0.1, -0.05) is 24.3 Å². The number of carbonyl (C=O) groups is 1. The average Bonchev–Trinajstić information content (AvgIpc) is 2.96. The Kier molecular flexibility index (Phi) is 2.40. The first-order valence-electron chi connectivity index (χ1n) is 8.43. The molecule has 4 unspecified atom stereocenters. The van der Waals surface area contributed by atoms with Crippen LogP contribution in [-0.4, -0.2) is 37.6 Å². The van der Waals surface area contributed by atoms with Crippen molar-refractivity contribution in [3.05, 3.63) is 35.9 Å². The molecule has 1 aromatic carbocycles. The molecule has 2 spiro atoms. The van der Waals surface area contributed by atoms with Gasteiger partial charge in [-0.05, 0) is 25.3 Å². The second kappa shape index (κ2) is 4.11. The Morgan fingerprint density at radius 2 is 2.22 bits per heavy atom. The van der Waals surface area contributed by atoms with E-state index in [9.17, 15) is 4.79 Å². The minimum atomic E-state index is -0.447. The van der Waals surface area contributed by atoms with E-state index < -0.39 is 5.41 Å². The van der Waals surface area contributed by atoms with Gasteiger partial charge in [-0.2, -0.15) is 0 Å². The number of nitrogens with zero attached hydrogens (tertiary/aromatic N) is 1. The van der Waals surface area contributed by atoms with E-state index in [1.807, 2.05) is 24.1 Å². The van der Waals surface area contributed by atoms with Crippen molar-refractivity contribution in [1.82, 2.24) is 4.90 Å². The molecule has 2 heterocycles. The maximum atomic E-state index is 13.2. The number of piperidine rings is 1. The molecule has 2 aliphatic heterocycles. The van der Waals surface area contributed by atoms with Gasteiger partial charge >= 0.3 is 0 Å². The Morgan fingerprint density at radius 1 is 1.35 bits per heavy atom. The molecule has 4 nitrogen and oxygen atoms in total. The Labute approximate surface area is 136 Å². The van der Waals surface area contributed by atoms with Gasteiger partial charge in [0.05, 0.1) is 17.9 Å². The highest BCUT2D eigenvalue weighted by Gasteiger charge is 2.71. The van der Waals surface area contributed by atoms with Gasteiger partial charge in [0.2, 0.25) is 5.91 Å². The molecule has 5 aliphatic rings. The van der Waals surface area contributed by atoms with Crippen LogP contribution >= 0.6 is 0 Å². The molecule has 4 atom stereocenters. The third-order valence-electron chi connectivity index (χ3n) is 6.66. The molecule has 1 aromatic rings. The van der Waals surface area contributed by atoms with Crippen LogP contribution in [0.15, 0.2) is 30.4 Å². The van der Waals surface area contributed by atoms with Crippen molar-refractivity contribution in [1.29, 1.82) is 0 Å². The van der Waals surface area contributed by atoms with E-state index >= 15 is 0 Å². The van der Waals surface area contributed by atoms with Gasteiger partial charge in [0, 0.05) is 25.1 Å². The lowest BCUT2D eigenvalue weighted by atomic mass is 9.45. The zero-order valence-electron chi connectivity index (χ0n) is 13.5. The first-order valence-corrected chi connectivity index (χ1v) is 8.43. The van der Waals surface area contributed by atoms with E-state index in [2.05, 4.69) is 18.2 Å². The summed E-state index contributed by atoms with van der Waals surface area (Å²) in [6, 6.07) is 6.12. The molecule has 1 saturated heterocycles. The zero-order valence-corrected chi connectivity index (χ0v) is 13.5. The van der Waals surface area contributed by atoms with Crippen LogP contribution in [0.5, 0.6) is 11.5 Å². The lowest BCUT2D eigenvalue weighted by Gasteiger charge is -2.60. The van der Waals surface area contributed by atoms with Crippen LogP contribution in [-0.2, 0) is 10.2 Å². The van der Waals surface area contributed by atoms with Crippen molar-refractivity contribution in [3.63, 3.8) is 0 Å². The maximum absolute atomic E-state index is 13.2. The first kappa shape index (κ1) is 13.5. The lowest BCUT2D eigenvalue weighted by Crippen LogP contribution is -2.68. The summed E-state index contributed by atoms with van der Waals surface area (Å²) in [7, 11) is 3.61. The number of fused-ring (bicyclic) bond motifs is 2. The first-order chi connectivity index (χ1) is 11.1.